The summed E-state index contributed by atoms with van der Waals surface area (Å²) in [6.45, 7) is 6.91. The van der Waals surface area contributed by atoms with E-state index in [1.54, 1.807) is 11.9 Å². The summed E-state index contributed by atoms with van der Waals surface area (Å²) in [4.78, 5) is 45.0. The summed E-state index contributed by atoms with van der Waals surface area (Å²) in [7, 11) is 1.78. The van der Waals surface area contributed by atoms with Crippen LogP contribution in [0, 0.1) is 0 Å². The number of fused-ring (bicyclic) bond motifs is 1. The molecule has 3 aromatic rings. The van der Waals surface area contributed by atoms with Crippen molar-refractivity contribution in [1.29, 1.82) is 0 Å². The van der Waals surface area contributed by atoms with Crippen molar-refractivity contribution in [2.75, 3.05) is 36.9 Å². The first kappa shape index (κ1) is 28.6. The number of hydrogen-bond donors (Lipinski definition) is 1. The van der Waals surface area contributed by atoms with Crippen molar-refractivity contribution in [3.8, 4) is 11.1 Å². The fourth-order valence-electron chi connectivity index (χ4n) is 6.10. The Kier molecular flexibility index (Phi) is 8.84. The van der Waals surface area contributed by atoms with E-state index >= 15 is 0 Å². The van der Waals surface area contributed by atoms with Gasteiger partial charge in [0.2, 0.25) is 11.8 Å². The largest absolute Gasteiger partial charge is 0.342 e. The number of carbonyl (C=O) groups excluding carboxylic acids is 3. The van der Waals surface area contributed by atoms with Gasteiger partial charge in [0.25, 0.3) is 5.91 Å². The van der Waals surface area contributed by atoms with Gasteiger partial charge in [0.05, 0.1) is 6.04 Å². The number of piperidine rings is 1. The lowest BCUT2D eigenvalue weighted by atomic mass is 9.94. The molecule has 0 spiro atoms. The van der Waals surface area contributed by atoms with Crippen LogP contribution in [-0.4, -0.2) is 60.2 Å². The lowest BCUT2D eigenvalue weighted by Gasteiger charge is -2.37. The number of rotatable bonds is 8. The topological polar surface area (TPSA) is 73.0 Å². The Morgan fingerprint density at radius 3 is 2.49 bits per heavy atom. The van der Waals surface area contributed by atoms with Gasteiger partial charge in [-0.1, -0.05) is 48.9 Å². The molecular formula is C34H40N4O3. The quantitative estimate of drug-likeness (QED) is 0.387. The summed E-state index contributed by atoms with van der Waals surface area (Å²) < 4.78 is 0. The molecule has 2 aliphatic rings. The first-order valence-corrected chi connectivity index (χ1v) is 14.8. The van der Waals surface area contributed by atoms with Crippen LogP contribution in [0.3, 0.4) is 0 Å². The lowest BCUT2D eigenvalue weighted by Crippen LogP contribution is -2.50. The molecule has 0 aromatic heterocycles. The standard InChI is InChI=1S/C34H40N4O3/c1-4-37(5-2)34(41)30-13-9-10-20-38(30)23-27-21-26(15-18-29(27)24-11-7-6-8-12-24)33(40)35-28-17-14-25-16-19-32(39)36(3)31(25)22-28/h6-8,11-12,14-15,17-18,21-22,30H,4-5,9-10,13,16,19-20,23H2,1-3H3,(H,35,40). The van der Waals surface area contributed by atoms with Gasteiger partial charge in [-0.2, -0.15) is 0 Å². The number of carbonyl (C=O) groups is 3. The zero-order valence-electron chi connectivity index (χ0n) is 24.4. The number of hydrogen-bond acceptors (Lipinski definition) is 4. The van der Waals surface area contributed by atoms with Crippen LogP contribution in [0.25, 0.3) is 11.1 Å². The van der Waals surface area contributed by atoms with Gasteiger partial charge in [-0.15, -0.1) is 0 Å². The molecule has 0 radical (unpaired) electrons. The molecule has 3 amide bonds. The molecule has 1 saturated heterocycles. The summed E-state index contributed by atoms with van der Waals surface area (Å²) >= 11 is 0. The molecule has 0 saturated carbocycles. The van der Waals surface area contributed by atoms with Crippen LogP contribution < -0.4 is 10.2 Å². The van der Waals surface area contributed by atoms with Crippen LogP contribution >= 0.6 is 0 Å². The van der Waals surface area contributed by atoms with Gasteiger partial charge in [-0.25, -0.2) is 0 Å². The van der Waals surface area contributed by atoms with Gasteiger partial charge in [-0.05, 0) is 86.2 Å². The van der Waals surface area contributed by atoms with Gasteiger partial charge in [0.1, 0.15) is 0 Å². The summed E-state index contributed by atoms with van der Waals surface area (Å²) in [5.74, 6) is 0.0725. The minimum Gasteiger partial charge on any atom is -0.342 e. The third-order valence-corrected chi connectivity index (χ3v) is 8.49. The van der Waals surface area contributed by atoms with Crippen LogP contribution in [-0.2, 0) is 22.6 Å². The summed E-state index contributed by atoms with van der Waals surface area (Å²) in [6.07, 6.45) is 4.17. The Hall–Kier alpha value is -3.97. The van der Waals surface area contributed by atoms with E-state index in [9.17, 15) is 14.4 Å². The maximum absolute atomic E-state index is 13.5. The van der Waals surface area contributed by atoms with Crippen molar-refractivity contribution >= 4 is 29.1 Å². The second kappa shape index (κ2) is 12.7. The molecule has 0 bridgehead atoms. The third kappa shape index (κ3) is 6.20. The average Bonchev–Trinajstić information content (AvgIpc) is 3.00. The van der Waals surface area contributed by atoms with Crippen molar-refractivity contribution in [3.05, 3.63) is 83.4 Å². The van der Waals surface area contributed by atoms with Crippen molar-refractivity contribution < 1.29 is 14.4 Å². The number of aryl methyl sites for hydroxylation is 1. The van der Waals surface area contributed by atoms with Crippen LogP contribution in [0.1, 0.15) is 61.0 Å². The minimum atomic E-state index is -0.204. The van der Waals surface area contributed by atoms with Gasteiger partial charge in [-0.3, -0.25) is 19.3 Å². The summed E-state index contributed by atoms with van der Waals surface area (Å²) in [5.41, 5.74) is 6.34. The molecule has 5 rings (SSSR count). The number of likely N-dealkylation sites (tertiary alicyclic amines) is 1. The van der Waals surface area contributed by atoms with Crippen LogP contribution in [0.15, 0.2) is 66.7 Å². The van der Waals surface area contributed by atoms with Crippen LogP contribution in [0.5, 0.6) is 0 Å². The first-order valence-electron chi connectivity index (χ1n) is 14.8. The number of benzene rings is 3. The number of likely N-dealkylation sites (N-methyl/N-ethyl adjacent to an activating group) is 1. The zero-order valence-corrected chi connectivity index (χ0v) is 24.4. The highest BCUT2D eigenvalue weighted by Crippen LogP contribution is 2.31. The monoisotopic (exact) mass is 552 g/mol. The molecule has 0 aliphatic carbocycles. The predicted molar refractivity (Wildman–Crippen MR) is 164 cm³/mol. The van der Waals surface area contributed by atoms with Crippen molar-refractivity contribution in [3.63, 3.8) is 0 Å². The van der Waals surface area contributed by atoms with Crippen molar-refractivity contribution in [1.82, 2.24) is 9.80 Å². The lowest BCUT2D eigenvalue weighted by molar-refractivity contribution is -0.138. The average molecular weight is 553 g/mol. The predicted octanol–water partition coefficient (Wildman–Crippen LogP) is 5.74. The van der Waals surface area contributed by atoms with E-state index < -0.39 is 0 Å². The fourth-order valence-corrected chi connectivity index (χ4v) is 6.10. The Morgan fingerprint density at radius 2 is 1.73 bits per heavy atom. The normalized spacial score (nSPS) is 17.2. The van der Waals surface area contributed by atoms with Gasteiger partial charge in [0.15, 0.2) is 0 Å². The molecule has 214 valence electrons. The molecule has 1 fully saturated rings. The van der Waals surface area contributed by atoms with E-state index in [-0.39, 0.29) is 23.8 Å². The smallest absolute Gasteiger partial charge is 0.255 e. The summed E-state index contributed by atoms with van der Waals surface area (Å²) in [5, 5.41) is 3.04. The second-order valence-electron chi connectivity index (χ2n) is 11.0. The van der Waals surface area contributed by atoms with Gasteiger partial charge >= 0.3 is 0 Å². The number of amides is 3. The molecule has 1 atom stereocenters. The van der Waals surface area contributed by atoms with Crippen LogP contribution in [0.2, 0.25) is 0 Å². The molecule has 41 heavy (non-hydrogen) atoms. The number of nitrogens with zero attached hydrogens (tertiary/aromatic N) is 3. The highest BCUT2D eigenvalue weighted by molar-refractivity contribution is 6.05. The Labute approximate surface area is 243 Å². The highest BCUT2D eigenvalue weighted by atomic mass is 16.2. The zero-order chi connectivity index (χ0) is 28.9. The van der Waals surface area contributed by atoms with Crippen molar-refractivity contribution in [2.45, 2.75) is 58.5 Å². The molecule has 7 nitrogen and oxygen atoms in total. The maximum atomic E-state index is 13.5. The molecular weight excluding hydrogens is 512 g/mol. The van der Waals surface area contributed by atoms with Gasteiger partial charge in [0, 0.05) is 50.0 Å². The molecule has 2 aliphatic heterocycles. The van der Waals surface area contributed by atoms with E-state index in [1.807, 2.05) is 73.3 Å². The molecule has 7 heteroatoms. The Balaban J connectivity index is 1.44. The van der Waals surface area contributed by atoms with E-state index in [2.05, 4.69) is 22.3 Å². The molecule has 1 N–H and O–H groups in total. The molecule has 3 aromatic carbocycles. The SMILES string of the molecule is CCN(CC)C(=O)C1CCCCN1Cc1cc(C(=O)Nc2ccc3c(c2)N(C)C(=O)CC3)ccc1-c1ccccc1. The fraction of sp³-hybridized carbons (Fsp3) is 0.382. The molecule has 1 unspecified atom stereocenters. The number of anilines is 2. The third-order valence-electron chi connectivity index (χ3n) is 8.49. The first-order chi connectivity index (χ1) is 19.9. The second-order valence-corrected chi connectivity index (χ2v) is 11.0. The molecule has 2 heterocycles. The van der Waals surface area contributed by atoms with E-state index in [4.69, 9.17) is 0 Å². The Bertz CT molecular complexity index is 1420. The van der Waals surface area contributed by atoms with E-state index in [0.29, 0.717) is 43.7 Å². The summed E-state index contributed by atoms with van der Waals surface area (Å²) in [6, 6.07) is 21.7. The Morgan fingerprint density at radius 1 is 0.951 bits per heavy atom. The highest BCUT2D eigenvalue weighted by Gasteiger charge is 2.31. The van der Waals surface area contributed by atoms with Crippen LogP contribution in [0.4, 0.5) is 11.4 Å². The van der Waals surface area contributed by atoms with E-state index in [1.165, 1.54) is 0 Å². The van der Waals surface area contributed by atoms with E-state index in [0.717, 1.165) is 53.7 Å². The number of nitrogens with one attached hydrogen (secondary N) is 1. The van der Waals surface area contributed by atoms with Gasteiger partial charge < -0.3 is 15.1 Å². The minimum absolute atomic E-state index is 0.0811. The maximum Gasteiger partial charge on any atom is 0.255 e. The van der Waals surface area contributed by atoms with Crippen molar-refractivity contribution in [2.24, 2.45) is 0 Å².